The highest BCUT2D eigenvalue weighted by molar-refractivity contribution is 5.89. The molecule has 1 saturated carbocycles. The van der Waals surface area contributed by atoms with E-state index in [9.17, 15) is 4.79 Å². The first kappa shape index (κ1) is 20.7. The number of rotatable bonds is 6. The van der Waals surface area contributed by atoms with Gasteiger partial charge in [0.1, 0.15) is 0 Å². The van der Waals surface area contributed by atoms with Crippen LogP contribution in [0.4, 0.5) is 5.95 Å². The summed E-state index contributed by atoms with van der Waals surface area (Å²) in [4.78, 5) is 21.3. The molecule has 2 fully saturated rings. The fraction of sp³-hybridized carbons (Fsp3) is 0.722. The van der Waals surface area contributed by atoms with Gasteiger partial charge in [-0.25, -0.2) is 4.68 Å². The maximum Gasteiger partial charge on any atom is 0.227 e. The molecule has 2 N–H and O–H groups in total. The third kappa shape index (κ3) is 4.88. The fourth-order valence-electron chi connectivity index (χ4n) is 3.89. The van der Waals surface area contributed by atoms with Crippen LogP contribution >= 0.6 is 12.4 Å². The van der Waals surface area contributed by atoms with Crippen LogP contribution in [0.5, 0.6) is 0 Å². The summed E-state index contributed by atoms with van der Waals surface area (Å²) in [6.07, 6.45) is 7.49. The molecule has 28 heavy (non-hydrogen) atoms. The Morgan fingerprint density at radius 3 is 2.61 bits per heavy atom. The van der Waals surface area contributed by atoms with Crippen molar-refractivity contribution >= 4 is 24.3 Å². The minimum Gasteiger partial charge on any atom is -0.339 e. The molecule has 2 aromatic heterocycles. The van der Waals surface area contributed by atoms with Gasteiger partial charge in [-0.3, -0.25) is 10.1 Å². The molecule has 2 aliphatic rings. The molecule has 0 unspecified atom stereocenters. The zero-order valence-electron chi connectivity index (χ0n) is 16.2. The molecule has 1 aliphatic heterocycles. The van der Waals surface area contributed by atoms with Gasteiger partial charge in [-0.15, -0.1) is 12.4 Å². The third-order valence-electron chi connectivity index (χ3n) is 5.51. The summed E-state index contributed by atoms with van der Waals surface area (Å²) >= 11 is 0. The number of hydrogen-bond acceptors (Lipinski definition) is 7. The maximum absolute atomic E-state index is 12.3. The summed E-state index contributed by atoms with van der Waals surface area (Å²) in [7, 11) is 1.80. The van der Waals surface area contributed by atoms with Crippen LogP contribution in [0.3, 0.4) is 0 Å². The van der Waals surface area contributed by atoms with Crippen molar-refractivity contribution in [2.45, 2.75) is 63.2 Å². The lowest BCUT2D eigenvalue weighted by molar-refractivity contribution is -0.116. The molecule has 154 valence electrons. The molecule has 0 aromatic carbocycles. The highest BCUT2D eigenvalue weighted by Crippen LogP contribution is 2.32. The average molecular weight is 410 g/mol. The van der Waals surface area contributed by atoms with E-state index in [4.69, 9.17) is 4.52 Å². The maximum atomic E-state index is 12.3. The SMILES string of the molecule is Cl.Cn1nc(C2CCNCC2)nc1NC(=O)CCc1nc(C2CCCC2)no1. The Kier molecular flexibility index (Phi) is 7.01. The zero-order valence-corrected chi connectivity index (χ0v) is 17.0. The average Bonchev–Trinajstić information content (AvgIpc) is 3.42. The molecule has 0 radical (unpaired) electrons. The molecule has 0 atom stereocenters. The Morgan fingerprint density at radius 1 is 1.14 bits per heavy atom. The minimum atomic E-state index is -0.122. The molecular formula is C18H28ClN7O2. The Balaban J connectivity index is 0.00000225. The number of anilines is 1. The van der Waals surface area contributed by atoms with Gasteiger partial charge in [-0.1, -0.05) is 18.0 Å². The van der Waals surface area contributed by atoms with Crippen LogP contribution in [0.2, 0.25) is 0 Å². The highest BCUT2D eigenvalue weighted by Gasteiger charge is 2.23. The summed E-state index contributed by atoms with van der Waals surface area (Å²) in [6.45, 7) is 1.97. The summed E-state index contributed by atoms with van der Waals surface area (Å²) in [5, 5.41) is 14.7. The predicted octanol–water partition coefficient (Wildman–Crippen LogP) is 2.32. The van der Waals surface area contributed by atoms with E-state index in [-0.39, 0.29) is 24.7 Å². The van der Waals surface area contributed by atoms with Gasteiger partial charge in [-0.2, -0.15) is 15.1 Å². The van der Waals surface area contributed by atoms with Crippen molar-refractivity contribution in [3.63, 3.8) is 0 Å². The molecule has 10 heteroatoms. The smallest absolute Gasteiger partial charge is 0.227 e. The molecule has 3 heterocycles. The van der Waals surface area contributed by atoms with Crippen molar-refractivity contribution in [2.24, 2.45) is 7.05 Å². The van der Waals surface area contributed by atoms with Gasteiger partial charge in [0.25, 0.3) is 0 Å². The summed E-state index contributed by atoms with van der Waals surface area (Å²) < 4.78 is 6.94. The first-order chi connectivity index (χ1) is 13.2. The number of halogens is 1. The zero-order chi connectivity index (χ0) is 18.6. The highest BCUT2D eigenvalue weighted by atomic mass is 35.5. The lowest BCUT2D eigenvalue weighted by Crippen LogP contribution is -2.27. The molecule has 2 aromatic rings. The van der Waals surface area contributed by atoms with Gasteiger partial charge < -0.3 is 9.84 Å². The quantitative estimate of drug-likeness (QED) is 0.752. The van der Waals surface area contributed by atoms with Gasteiger partial charge in [0.2, 0.25) is 17.7 Å². The summed E-state index contributed by atoms with van der Waals surface area (Å²) in [6, 6.07) is 0. The first-order valence-corrected chi connectivity index (χ1v) is 9.93. The van der Waals surface area contributed by atoms with Crippen LogP contribution in [-0.4, -0.2) is 43.9 Å². The Labute approximate surface area is 170 Å². The molecule has 0 spiro atoms. The fourth-order valence-corrected chi connectivity index (χ4v) is 3.89. The predicted molar refractivity (Wildman–Crippen MR) is 106 cm³/mol. The largest absolute Gasteiger partial charge is 0.339 e. The van der Waals surface area contributed by atoms with E-state index in [2.05, 4.69) is 30.9 Å². The van der Waals surface area contributed by atoms with Crippen LogP contribution < -0.4 is 10.6 Å². The van der Waals surface area contributed by atoms with Gasteiger partial charge in [0.05, 0.1) is 0 Å². The number of carbonyl (C=O) groups excluding carboxylic acids is 1. The molecule has 0 bridgehead atoms. The van der Waals surface area contributed by atoms with Crippen molar-refractivity contribution in [1.29, 1.82) is 0 Å². The number of nitrogens with zero attached hydrogens (tertiary/aromatic N) is 5. The van der Waals surface area contributed by atoms with Gasteiger partial charge in [-0.05, 0) is 38.8 Å². The molecule has 9 nitrogen and oxygen atoms in total. The Morgan fingerprint density at radius 2 is 1.86 bits per heavy atom. The van der Waals surface area contributed by atoms with Crippen molar-refractivity contribution in [1.82, 2.24) is 30.2 Å². The summed E-state index contributed by atoms with van der Waals surface area (Å²) in [5.41, 5.74) is 0. The first-order valence-electron chi connectivity index (χ1n) is 9.93. The van der Waals surface area contributed by atoms with E-state index < -0.39 is 0 Å². The van der Waals surface area contributed by atoms with Gasteiger partial charge in [0, 0.05) is 31.7 Å². The standard InChI is InChI=1S/C18H27N7O2.ClH/c1-25-18(22-16(23-25)13-8-10-19-11-9-13)20-14(26)6-7-15-21-17(24-27-15)12-4-2-3-5-12;/h12-13,19H,2-11H2,1H3,(H,20,22,23,26);1H. The van der Waals surface area contributed by atoms with Crippen LogP contribution in [0.1, 0.15) is 74.3 Å². The number of carbonyl (C=O) groups is 1. The van der Waals surface area contributed by atoms with Crippen LogP contribution in [0.25, 0.3) is 0 Å². The second-order valence-corrected chi connectivity index (χ2v) is 7.52. The number of piperidine rings is 1. The second-order valence-electron chi connectivity index (χ2n) is 7.52. The van der Waals surface area contributed by atoms with E-state index in [1.165, 1.54) is 12.8 Å². The molecule has 1 amide bonds. The van der Waals surface area contributed by atoms with E-state index in [1.807, 2.05) is 0 Å². The number of hydrogen-bond donors (Lipinski definition) is 2. The number of aryl methyl sites for hydroxylation is 2. The lowest BCUT2D eigenvalue weighted by Gasteiger charge is -2.19. The van der Waals surface area contributed by atoms with E-state index in [0.29, 0.717) is 30.1 Å². The van der Waals surface area contributed by atoms with E-state index in [1.54, 1.807) is 11.7 Å². The molecule has 1 aliphatic carbocycles. The normalized spacial score (nSPS) is 18.2. The Bertz CT molecular complexity index is 779. The number of aromatic nitrogens is 5. The van der Waals surface area contributed by atoms with Crippen molar-refractivity contribution in [2.75, 3.05) is 18.4 Å². The Hall–Kier alpha value is -2.00. The van der Waals surface area contributed by atoms with Crippen molar-refractivity contribution in [3.05, 3.63) is 17.5 Å². The number of amides is 1. The van der Waals surface area contributed by atoms with E-state index in [0.717, 1.165) is 50.4 Å². The lowest BCUT2D eigenvalue weighted by atomic mass is 9.98. The molecular weight excluding hydrogens is 382 g/mol. The third-order valence-corrected chi connectivity index (χ3v) is 5.51. The van der Waals surface area contributed by atoms with E-state index >= 15 is 0 Å². The minimum absolute atomic E-state index is 0. The van der Waals surface area contributed by atoms with Crippen LogP contribution in [-0.2, 0) is 18.3 Å². The van der Waals surface area contributed by atoms with Crippen molar-refractivity contribution < 1.29 is 9.32 Å². The molecule has 1 saturated heterocycles. The second kappa shape index (κ2) is 9.47. The monoisotopic (exact) mass is 409 g/mol. The van der Waals surface area contributed by atoms with Gasteiger partial charge in [0.15, 0.2) is 11.6 Å². The van der Waals surface area contributed by atoms with Crippen molar-refractivity contribution in [3.8, 4) is 0 Å². The molecule has 4 rings (SSSR count). The summed E-state index contributed by atoms with van der Waals surface area (Å²) in [5.74, 6) is 3.28. The van der Waals surface area contributed by atoms with Gasteiger partial charge >= 0.3 is 0 Å². The number of nitrogens with one attached hydrogen (secondary N) is 2. The van der Waals surface area contributed by atoms with Crippen LogP contribution in [0, 0.1) is 0 Å². The topological polar surface area (TPSA) is 111 Å². The van der Waals surface area contributed by atoms with Crippen LogP contribution in [0.15, 0.2) is 4.52 Å².